The van der Waals surface area contributed by atoms with E-state index < -0.39 is 18.1 Å². The maximum absolute atomic E-state index is 11.5. The standard InChI is InChI=1S/C9H16N2O4/c1-5(12)7(9(14)15)11-8(13)6-3-2-4-10-6/h5-7,10,12H,2-4H2,1H3,(H,11,13)(H,14,15)/t5-,6-,7-/m0/s1. The molecule has 6 nitrogen and oxygen atoms in total. The molecule has 86 valence electrons. The van der Waals surface area contributed by atoms with Gasteiger partial charge in [-0.15, -0.1) is 0 Å². The molecule has 1 saturated heterocycles. The molecule has 0 aromatic heterocycles. The van der Waals surface area contributed by atoms with E-state index in [0.29, 0.717) is 6.42 Å². The van der Waals surface area contributed by atoms with Gasteiger partial charge in [-0.1, -0.05) is 0 Å². The van der Waals surface area contributed by atoms with Gasteiger partial charge in [-0.05, 0) is 26.3 Å². The van der Waals surface area contributed by atoms with E-state index >= 15 is 0 Å². The Morgan fingerprint density at radius 2 is 2.20 bits per heavy atom. The minimum absolute atomic E-state index is 0.328. The van der Waals surface area contributed by atoms with Crippen molar-refractivity contribution in [2.24, 2.45) is 0 Å². The summed E-state index contributed by atoms with van der Waals surface area (Å²) in [6.45, 7) is 2.10. The number of carboxylic acids is 1. The van der Waals surface area contributed by atoms with Crippen LogP contribution in [0.4, 0.5) is 0 Å². The molecule has 0 unspecified atom stereocenters. The topological polar surface area (TPSA) is 98.7 Å². The molecule has 0 bridgehead atoms. The van der Waals surface area contributed by atoms with Crippen molar-refractivity contribution in [1.29, 1.82) is 0 Å². The van der Waals surface area contributed by atoms with Crippen molar-refractivity contribution < 1.29 is 19.8 Å². The van der Waals surface area contributed by atoms with Crippen molar-refractivity contribution in [3.8, 4) is 0 Å². The van der Waals surface area contributed by atoms with Gasteiger partial charge >= 0.3 is 5.97 Å². The number of carbonyl (C=O) groups is 2. The zero-order valence-corrected chi connectivity index (χ0v) is 8.56. The molecule has 1 rings (SSSR count). The lowest BCUT2D eigenvalue weighted by atomic mass is 10.1. The summed E-state index contributed by atoms with van der Waals surface area (Å²) in [5.74, 6) is -1.59. The Bertz CT molecular complexity index is 248. The Balaban J connectivity index is 2.50. The second-order valence-electron chi connectivity index (χ2n) is 3.71. The molecule has 0 spiro atoms. The van der Waals surface area contributed by atoms with Gasteiger partial charge in [-0.25, -0.2) is 4.79 Å². The van der Waals surface area contributed by atoms with Gasteiger partial charge in [0.25, 0.3) is 0 Å². The molecule has 0 radical (unpaired) electrons. The Hall–Kier alpha value is -1.14. The second-order valence-corrected chi connectivity index (χ2v) is 3.71. The van der Waals surface area contributed by atoms with Gasteiger partial charge in [0, 0.05) is 0 Å². The predicted molar refractivity (Wildman–Crippen MR) is 52.3 cm³/mol. The first-order valence-electron chi connectivity index (χ1n) is 4.97. The number of aliphatic hydroxyl groups is 1. The minimum atomic E-state index is -1.24. The number of rotatable bonds is 4. The first-order chi connectivity index (χ1) is 7.02. The van der Waals surface area contributed by atoms with Gasteiger partial charge < -0.3 is 20.8 Å². The van der Waals surface area contributed by atoms with Gasteiger partial charge in [0.15, 0.2) is 6.04 Å². The predicted octanol–water partition coefficient (Wildman–Crippen LogP) is -1.31. The highest BCUT2D eigenvalue weighted by molar-refractivity contribution is 5.87. The molecular weight excluding hydrogens is 200 g/mol. The molecular formula is C9H16N2O4. The van der Waals surface area contributed by atoms with Crippen molar-refractivity contribution in [3.63, 3.8) is 0 Å². The van der Waals surface area contributed by atoms with Crippen molar-refractivity contribution in [3.05, 3.63) is 0 Å². The van der Waals surface area contributed by atoms with E-state index in [0.717, 1.165) is 13.0 Å². The maximum atomic E-state index is 11.5. The van der Waals surface area contributed by atoms with Crippen LogP contribution in [0.2, 0.25) is 0 Å². The first-order valence-corrected chi connectivity index (χ1v) is 4.97. The summed E-state index contributed by atoms with van der Waals surface area (Å²) >= 11 is 0. The fourth-order valence-electron chi connectivity index (χ4n) is 1.55. The van der Waals surface area contributed by atoms with E-state index in [9.17, 15) is 9.59 Å². The fourth-order valence-corrected chi connectivity index (χ4v) is 1.55. The fraction of sp³-hybridized carbons (Fsp3) is 0.778. The highest BCUT2D eigenvalue weighted by Crippen LogP contribution is 2.05. The number of carbonyl (C=O) groups excluding carboxylic acids is 1. The smallest absolute Gasteiger partial charge is 0.328 e. The van der Waals surface area contributed by atoms with Gasteiger partial charge in [0.2, 0.25) is 5.91 Å². The van der Waals surface area contributed by atoms with Crippen LogP contribution in [0.25, 0.3) is 0 Å². The average molecular weight is 216 g/mol. The summed E-state index contributed by atoms with van der Waals surface area (Å²) in [7, 11) is 0. The molecule has 1 aliphatic rings. The molecule has 3 atom stereocenters. The van der Waals surface area contributed by atoms with Gasteiger partial charge in [-0.3, -0.25) is 4.79 Å². The van der Waals surface area contributed by atoms with Crippen molar-refractivity contribution in [2.45, 2.75) is 38.0 Å². The van der Waals surface area contributed by atoms with Gasteiger partial charge in [0.05, 0.1) is 12.1 Å². The summed E-state index contributed by atoms with van der Waals surface area (Å²) in [6, 6.07) is -1.56. The van der Waals surface area contributed by atoms with Crippen LogP contribution in [-0.2, 0) is 9.59 Å². The third-order valence-corrected chi connectivity index (χ3v) is 2.42. The maximum Gasteiger partial charge on any atom is 0.328 e. The number of hydrogen-bond donors (Lipinski definition) is 4. The van der Waals surface area contributed by atoms with Crippen molar-refractivity contribution in [1.82, 2.24) is 10.6 Å². The third-order valence-electron chi connectivity index (χ3n) is 2.42. The quantitative estimate of drug-likeness (QED) is 0.467. The Kier molecular flexibility index (Phi) is 4.05. The highest BCUT2D eigenvalue weighted by Gasteiger charge is 2.29. The molecule has 0 saturated carbocycles. The van der Waals surface area contributed by atoms with Crippen molar-refractivity contribution in [2.75, 3.05) is 6.54 Å². The van der Waals surface area contributed by atoms with E-state index in [1.165, 1.54) is 6.92 Å². The molecule has 1 fully saturated rings. The van der Waals surface area contributed by atoms with E-state index in [1.54, 1.807) is 0 Å². The highest BCUT2D eigenvalue weighted by atomic mass is 16.4. The zero-order valence-electron chi connectivity index (χ0n) is 8.56. The lowest BCUT2D eigenvalue weighted by molar-refractivity contribution is -0.145. The van der Waals surface area contributed by atoms with Gasteiger partial charge in [-0.2, -0.15) is 0 Å². The molecule has 4 N–H and O–H groups in total. The lowest BCUT2D eigenvalue weighted by Crippen LogP contribution is -2.52. The van der Waals surface area contributed by atoms with Crippen molar-refractivity contribution >= 4 is 11.9 Å². The molecule has 0 aromatic rings. The molecule has 0 aromatic carbocycles. The molecule has 6 heteroatoms. The first kappa shape index (κ1) is 11.9. The normalized spacial score (nSPS) is 24.5. The number of carboxylic acid groups (broad SMARTS) is 1. The summed E-state index contributed by atoms with van der Waals surface area (Å²) in [5.41, 5.74) is 0. The Labute approximate surface area is 87.7 Å². The second kappa shape index (κ2) is 5.09. The van der Waals surface area contributed by atoms with Crippen LogP contribution in [0.3, 0.4) is 0 Å². The molecule has 1 amide bonds. The van der Waals surface area contributed by atoms with Crippen LogP contribution >= 0.6 is 0 Å². The molecule has 1 aliphatic heterocycles. The SMILES string of the molecule is C[C@H](O)[C@H](NC(=O)[C@@H]1CCCN1)C(=O)O. The number of aliphatic hydroxyl groups excluding tert-OH is 1. The summed E-state index contributed by atoms with van der Waals surface area (Å²) in [4.78, 5) is 22.2. The zero-order chi connectivity index (χ0) is 11.4. The number of nitrogens with one attached hydrogen (secondary N) is 2. The third kappa shape index (κ3) is 3.17. The van der Waals surface area contributed by atoms with Crippen LogP contribution in [-0.4, -0.2) is 46.8 Å². The van der Waals surface area contributed by atoms with E-state index in [1.807, 2.05) is 0 Å². The number of amides is 1. The summed E-state index contributed by atoms with van der Waals surface area (Å²) in [6.07, 6.45) is 0.510. The minimum Gasteiger partial charge on any atom is -0.480 e. The van der Waals surface area contributed by atoms with E-state index in [4.69, 9.17) is 10.2 Å². The van der Waals surface area contributed by atoms with Crippen LogP contribution < -0.4 is 10.6 Å². The van der Waals surface area contributed by atoms with Gasteiger partial charge in [0.1, 0.15) is 0 Å². The van der Waals surface area contributed by atoms with Crippen LogP contribution in [0.1, 0.15) is 19.8 Å². The van der Waals surface area contributed by atoms with Crippen LogP contribution in [0.5, 0.6) is 0 Å². The largest absolute Gasteiger partial charge is 0.480 e. The number of hydrogen-bond acceptors (Lipinski definition) is 4. The Morgan fingerprint density at radius 1 is 1.53 bits per heavy atom. The molecule has 15 heavy (non-hydrogen) atoms. The lowest BCUT2D eigenvalue weighted by Gasteiger charge is -2.19. The number of aliphatic carboxylic acids is 1. The van der Waals surface area contributed by atoms with E-state index in [-0.39, 0.29) is 11.9 Å². The van der Waals surface area contributed by atoms with Crippen LogP contribution in [0.15, 0.2) is 0 Å². The average Bonchev–Trinajstić information content (AvgIpc) is 2.65. The Morgan fingerprint density at radius 3 is 2.60 bits per heavy atom. The monoisotopic (exact) mass is 216 g/mol. The molecule has 1 heterocycles. The summed E-state index contributed by atoms with van der Waals surface area (Å²) in [5, 5.41) is 23.2. The van der Waals surface area contributed by atoms with Crippen LogP contribution in [0, 0.1) is 0 Å². The molecule has 0 aliphatic carbocycles. The van der Waals surface area contributed by atoms with E-state index in [2.05, 4.69) is 10.6 Å². The summed E-state index contributed by atoms with van der Waals surface area (Å²) < 4.78 is 0.